The average molecular weight is 177 g/mol. The van der Waals surface area contributed by atoms with Gasteiger partial charge < -0.3 is 4.74 Å². The Balaban J connectivity index is 3.25. The topological polar surface area (TPSA) is 33.0 Å². The van der Waals surface area contributed by atoms with Gasteiger partial charge in [0.2, 0.25) is 0 Å². The molecule has 0 saturated heterocycles. The Bertz CT molecular complexity index is 379. The van der Waals surface area contributed by atoms with Gasteiger partial charge in [0.1, 0.15) is 11.6 Å². The Morgan fingerprint density at radius 2 is 2.31 bits per heavy atom. The second kappa shape index (κ2) is 3.72. The van der Waals surface area contributed by atoms with E-state index in [-0.39, 0.29) is 5.76 Å². The Hall–Kier alpha value is -1.82. The highest BCUT2D eigenvalue weighted by atomic mass is 19.1. The first-order valence-corrected chi connectivity index (χ1v) is 3.62. The van der Waals surface area contributed by atoms with Gasteiger partial charge in [0.05, 0.1) is 18.7 Å². The third-order valence-electron chi connectivity index (χ3n) is 1.65. The number of hydrogen-bond acceptors (Lipinski definition) is 2. The van der Waals surface area contributed by atoms with Gasteiger partial charge in [-0.05, 0) is 18.2 Å². The summed E-state index contributed by atoms with van der Waals surface area (Å²) in [7, 11) is 1.42. The van der Waals surface area contributed by atoms with Gasteiger partial charge in [-0.2, -0.15) is 5.26 Å². The van der Waals surface area contributed by atoms with E-state index in [0.29, 0.717) is 11.1 Å². The minimum Gasteiger partial charge on any atom is -0.497 e. The van der Waals surface area contributed by atoms with Crippen molar-refractivity contribution in [3.8, 4) is 6.07 Å². The highest BCUT2D eigenvalue weighted by Crippen LogP contribution is 2.18. The zero-order chi connectivity index (χ0) is 9.84. The van der Waals surface area contributed by atoms with E-state index in [1.54, 1.807) is 0 Å². The van der Waals surface area contributed by atoms with Crippen LogP contribution in [-0.2, 0) is 4.74 Å². The van der Waals surface area contributed by atoms with Crippen LogP contribution in [0.1, 0.15) is 11.1 Å². The molecule has 0 bridgehead atoms. The molecule has 0 fully saturated rings. The number of ether oxygens (including phenoxy) is 1. The van der Waals surface area contributed by atoms with Crippen molar-refractivity contribution in [3.05, 3.63) is 41.7 Å². The van der Waals surface area contributed by atoms with Crippen LogP contribution in [0.15, 0.2) is 24.8 Å². The second-order valence-electron chi connectivity index (χ2n) is 2.43. The first-order chi connectivity index (χ1) is 6.19. The number of benzene rings is 1. The molecular weight excluding hydrogens is 169 g/mol. The van der Waals surface area contributed by atoms with Gasteiger partial charge in [-0.15, -0.1) is 0 Å². The van der Waals surface area contributed by atoms with E-state index in [4.69, 9.17) is 10.00 Å². The van der Waals surface area contributed by atoms with E-state index in [9.17, 15) is 4.39 Å². The normalized spacial score (nSPS) is 9.00. The van der Waals surface area contributed by atoms with Gasteiger partial charge >= 0.3 is 0 Å². The van der Waals surface area contributed by atoms with Crippen LogP contribution in [0.25, 0.3) is 5.76 Å². The molecule has 0 atom stereocenters. The maximum Gasteiger partial charge on any atom is 0.124 e. The fourth-order valence-corrected chi connectivity index (χ4v) is 0.955. The number of nitriles is 1. The first-order valence-electron chi connectivity index (χ1n) is 3.62. The van der Waals surface area contributed by atoms with Crippen LogP contribution in [-0.4, -0.2) is 7.11 Å². The van der Waals surface area contributed by atoms with E-state index in [1.165, 1.54) is 25.3 Å². The van der Waals surface area contributed by atoms with Gasteiger partial charge in [0.25, 0.3) is 0 Å². The molecule has 13 heavy (non-hydrogen) atoms. The van der Waals surface area contributed by atoms with Gasteiger partial charge in [-0.25, -0.2) is 4.39 Å². The molecule has 0 aliphatic carbocycles. The fourth-order valence-electron chi connectivity index (χ4n) is 0.955. The van der Waals surface area contributed by atoms with Crippen molar-refractivity contribution in [2.75, 3.05) is 7.11 Å². The zero-order valence-corrected chi connectivity index (χ0v) is 7.17. The molecule has 0 saturated carbocycles. The van der Waals surface area contributed by atoms with Crippen molar-refractivity contribution in [1.29, 1.82) is 5.26 Å². The summed E-state index contributed by atoms with van der Waals surface area (Å²) in [5, 5.41) is 8.68. The third kappa shape index (κ3) is 1.85. The molecule has 0 aliphatic heterocycles. The fraction of sp³-hybridized carbons (Fsp3) is 0.100. The number of rotatable bonds is 2. The molecule has 3 heteroatoms. The summed E-state index contributed by atoms with van der Waals surface area (Å²) < 4.78 is 17.6. The molecule has 0 heterocycles. The lowest BCUT2D eigenvalue weighted by molar-refractivity contribution is 0.371. The van der Waals surface area contributed by atoms with E-state index >= 15 is 0 Å². The molecule has 0 aromatic heterocycles. The van der Waals surface area contributed by atoms with Crippen molar-refractivity contribution < 1.29 is 9.13 Å². The third-order valence-corrected chi connectivity index (χ3v) is 1.65. The van der Waals surface area contributed by atoms with Crippen LogP contribution in [0, 0.1) is 17.1 Å². The molecule has 1 rings (SSSR count). The minimum atomic E-state index is -0.410. The summed E-state index contributed by atoms with van der Waals surface area (Å²) in [5.74, 6) is -0.122. The predicted octanol–water partition coefficient (Wildman–Crippen LogP) is 2.31. The maximum atomic E-state index is 12.8. The SMILES string of the molecule is C=C(OC)c1cc(F)ccc1C#N. The molecule has 1 aromatic carbocycles. The number of halogens is 1. The number of hydrogen-bond donors (Lipinski definition) is 0. The lowest BCUT2D eigenvalue weighted by atomic mass is 10.1. The van der Waals surface area contributed by atoms with Crippen LogP contribution in [0.4, 0.5) is 4.39 Å². The van der Waals surface area contributed by atoms with Crippen LogP contribution < -0.4 is 0 Å². The van der Waals surface area contributed by atoms with Crippen molar-refractivity contribution >= 4 is 5.76 Å². The molecule has 66 valence electrons. The molecule has 0 N–H and O–H groups in total. The van der Waals surface area contributed by atoms with Crippen LogP contribution in [0.5, 0.6) is 0 Å². The standard InChI is InChI=1S/C10H8FNO/c1-7(13-2)10-5-9(11)4-3-8(10)6-12/h3-5H,1H2,2H3. The van der Waals surface area contributed by atoms with E-state index < -0.39 is 5.82 Å². The number of nitrogens with zero attached hydrogens (tertiary/aromatic N) is 1. The van der Waals surface area contributed by atoms with E-state index in [2.05, 4.69) is 6.58 Å². The Morgan fingerprint density at radius 3 is 2.85 bits per heavy atom. The molecule has 0 amide bonds. The summed E-state index contributed by atoms with van der Waals surface area (Å²) in [5.41, 5.74) is 0.748. The van der Waals surface area contributed by atoms with Crippen molar-refractivity contribution in [3.63, 3.8) is 0 Å². The second-order valence-corrected chi connectivity index (χ2v) is 2.43. The van der Waals surface area contributed by atoms with Gasteiger partial charge in [0, 0.05) is 5.56 Å². The lowest BCUT2D eigenvalue weighted by Gasteiger charge is -2.05. The van der Waals surface area contributed by atoms with Gasteiger partial charge in [-0.3, -0.25) is 0 Å². The first kappa shape index (κ1) is 9.27. The predicted molar refractivity (Wildman–Crippen MR) is 47.2 cm³/mol. The summed E-state index contributed by atoms with van der Waals surface area (Å²) in [4.78, 5) is 0. The minimum absolute atomic E-state index is 0.288. The van der Waals surface area contributed by atoms with Crippen LogP contribution >= 0.6 is 0 Å². The van der Waals surface area contributed by atoms with E-state index in [1.807, 2.05) is 6.07 Å². The van der Waals surface area contributed by atoms with Crippen molar-refractivity contribution in [2.45, 2.75) is 0 Å². The zero-order valence-electron chi connectivity index (χ0n) is 7.17. The average Bonchev–Trinajstić information content (AvgIpc) is 2.16. The molecule has 1 aromatic rings. The summed E-state index contributed by atoms with van der Waals surface area (Å²) in [6.07, 6.45) is 0. The molecule has 2 nitrogen and oxygen atoms in total. The molecule has 0 unspecified atom stereocenters. The van der Waals surface area contributed by atoms with Crippen LogP contribution in [0.3, 0.4) is 0 Å². The highest BCUT2D eigenvalue weighted by molar-refractivity contribution is 5.64. The Labute approximate surface area is 75.9 Å². The smallest absolute Gasteiger partial charge is 0.124 e. The molecule has 0 spiro atoms. The van der Waals surface area contributed by atoms with Crippen LogP contribution in [0.2, 0.25) is 0 Å². The lowest BCUT2D eigenvalue weighted by Crippen LogP contribution is -1.91. The van der Waals surface area contributed by atoms with Crippen molar-refractivity contribution in [2.24, 2.45) is 0 Å². The quantitative estimate of drug-likeness (QED) is 0.649. The monoisotopic (exact) mass is 177 g/mol. The van der Waals surface area contributed by atoms with Crippen molar-refractivity contribution in [1.82, 2.24) is 0 Å². The number of methoxy groups -OCH3 is 1. The maximum absolute atomic E-state index is 12.8. The molecule has 0 aliphatic rings. The highest BCUT2D eigenvalue weighted by Gasteiger charge is 2.06. The molecule has 0 radical (unpaired) electrons. The van der Waals surface area contributed by atoms with Gasteiger partial charge in [0.15, 0.2) is 0 Å². The largest absolute Gasteiger partial charge is 0.497 e. The van der Waals surface area contributed by atoms with Gasteiger partial charge in [-0.1, -0.05) is 6.58 Å². The Kier molecular flexibility index (Phi) is 2.65. The van der Waals surface area contributed by atoms with E-state index in [0.717, 1.165) is 0 Å². The summed E-state index contributed by atoms with van der Waals surface area (Å²) in [6.45, 7) is 3.55. The molecular formula is C10H8FNO. The Morgan fingerprint density at radius 1 is 1.62 bits per heavy atom. The summed E-state index contributed by atoms with van der Waals surface area (Å²) in [6, 6.07) is 5.78. The summed E-state index contributed by atoms with van der Waals surface area (Å²) >= 11 is 0.